The van der Waals surface area contributed by atoms with Crippen molar-refractivity contribution >= 4 is 50.2 Å². The molecule has 0 aliphatic heterocycles. The SMILES string of the molecule is CC1(C)c2ccccc2-c2ccc(N(c3ccc(-c4ccc5c(c4)c4ccccc4n5-c4ccccc4)cc3)c3ccc(-c4cccc5c4C(c4ccccc4)(c4ccccc4)c4c(-c6ccccc6)sc(-c6ccccc6)c4-5)cc3)cc21. The molecule has 2 aromatic heterocycles. The lowest BCUT2D eigenvalue weighted by atomic mass is 9.65. The first-order valence-electron chi connectivity index (χ1n) is 28.8. The molecule has 0 unspecified atom stereocenters. The predicted molar refractivity (Wildman–Crippen MR) is 350 cm³/mol. The number of hydrogen-bond donors (Lipinski definition) is 0. The molecule has 0 fully saturated rings. The summed E-state index contributed by atoms with van der Waals surface area (Å²) >= 11 is 1.92. The topological polar surface area (TPSA) is 8.17 Å². The zero-order valence-electron chi connectivity index (χ0n) is 46.2. The van der Waals surface area contributed by atoms with Crippen LogP contribution in [-0.2, 0) is 10.8 Å². The number of anilines is 3. The first-order valence-corrected chi connectivity index (χ1v) is 29.6. The number of benzene rings is 12. The average molecular weight is 1080 g/mol. The first kappa shape index (κ1) is 48.8. The Kier molecular flexibility index (Phi) is 11.4. The minimum Gasteiger partial charge on any atom is -0.310 e. The number of aromatic nitrogens is 1. The maximum absolute atomic E-state index is 2.45. The van der Waals surface area contributed by atoms with Crippen LogP contribution in [0.2, 0.25) is 0 Å². The van der Waals surface area contributed by atoms with Gasteiger partial charge in [0.1, 0.15) is 0 Å². The molecular weight excluding hydrogens is 1020 g/mol. The van der Waals surface area contributed by atoms with Gasteiger partial charge in [-0.25, -0.2) is 0 Å². The Morgan fingerprint density at radius 3 is 1.51 bits per heavy atom. The molecule has 2 heterocycles. The van der Waals surface area contributed by atoms with Crippen molar-refractivity contribution in [3.63, 3.8) is 0 Å². The van der Waals surface area contributed by atoms with E-state index in [1.165, 1.54) is 121 Å². The van der Waals surface area contributed by atoms with Crippen LogP contribution in [0.4, 0.5) is 17.1 Å². The van der Waals surface area contributed by atoms with Gasteiger partial charge in [0.15, 0.2) is 0 Å². The highest BCUT2D eigenvalue weighted by Gasteiger charge is 2.51. The smallest absolute Gasteiger partial charge is 0.0734 e. The van der Waals surface area contributed by atoms with Gasteiger partial charge in [0, 0.05) is 54.3 Å². The van der Waals surface area contributed by atoms with Crippen LogP contribution in [0.5, 0.6) is 0 Å². The lowest BCUT2D eigenvalue weighted by molar-refractivity contribution is 0.660. The Morgan fingerprint density at radius 1 is 0.325 bits per heavy atom. The van der Waals surface area contributed by atoms with E-state index in [9.17, 15) is 0 Å². The fourth-order valence-electron chi connectivity index (χ4n) is 14.2. The van der Waals surface area contributed by atoms with Crippen molar-refractivity contribution in [2.45, 2.75) is 24.7 Å². The van der Waals surface area contributed by atoms with Crippen LogP contribution in [0.25, 0.3) is 92.9 Å². The molecule has 2 aliphatic rings. The second kappa shape index (κ2) is 19.3. The quantitative estimate of drug-likeness (QED) is 0.133. The van der Waals surface area contributed by atoms with E-state index < -0.39 is 5.41 Å². The molecule has 0 radical (unpaired) electrons. The summed E-state index contributed by atoms with van der Waals surface area (Å²) in [5.74, 6) is 0. The number of hydrogen-bond acceptors (Lipinski definition) is 2. The summed E-state index contributed by atoms with van der Waals surface area (Å²) in [6.07, 6.45) is 0. The van der Waals surface area contributed by atoms with Gasteiger partial charge >= 0.3 is 0 Å². The van der Waals surface area contributed by atoms with Crippen molar-refractivity contribution in [3.8, 4) is 71.1 Å². The summed E-state index contributed by atoms with van der Waals surface area (Å²) in [6.45, 7) is 4.74. The highest BCUT2D eigenvalue weighted by atomic mass is 32.1. The third-order valence-electron chi connectivity index (χ3n) is 17.9. The van der Waals surface area contributed by atoms with Crippen molar-refractivity contribution in [2.24, 2.45) is 0 Å². The summed E-state index contributed by atoms with van der Waals surface area (Å²) in [5.41, 5.74) is 26.4. The molecule has 0 saturated carbocycles. The number of fused-ring (bicyclic) bond motifs is 9. The van der Waals surface area contributed by atoms with Crippen molar-refractivity contribution < 1.29 is 0 Å². The van der Waals surface area contributed by atoms with Crippen LogP contribution in [0.15, 0.2) is 303 Å². The van der Waals surface area contributed by atoms with Crippen LogP contribution in [-0.4, -0.2) is 4.57 Å². The Labute approximate surface area is 489 Å². The second-order valence-electron chi connectivity index (χ2n) is 22.7. The molecule has 0 spiro atoms. The minimum absolute atomic E-state index is 0.163. The number of rotatable bonds is 10. The Bertz CT molecular complexity index is 4730. The number of thiophene rings is 1. The van der Waals surface area contributed by atoms with E-state index in [0.717, 1.165) is 22.7 Å². The molecule has 2 aliphatic carbocycles. The zero-order valence-corrected chi connectivity index (χ0v) is 47.0. The normalized spacial score (nSPS) is 13.4. The third-order valence-corrected chi connectivity index (χ3v) is 19.2. The van der Waals surface area contributed by atoms with Crippen LogP contribution in [0, 0.1) is 0 Å². The fourth-order valence-corrected chi connectivity index (χ4v) is 15.5. The van der Waals surface area contributed by atoms with Crippen molar-refractivity contribution in [2.75, 3.05) is 4.90 Å². The van der Waals surface area contributed by atoms with Gasteiger partial charge in [-0.2, -0.15) is 0 Å². The maximum Gasteiger partial charge on any atom is 0.0734 e. The Morgan fingerprint density at radius 2 is 0.831 bits per heavy atom. The molecule has 16 rings (SSSR count). The minimum atomic E-state index is -0.650. The van der Waals surface area contributed by atoms with E-state index >= 15 is 0 Å². The van der Waals surface area contributed by atoms with Gasteiger partial charge in [0.2, 0.25) is 0 Å². The highest BCUT2D eigenvalue weighted by molar-refractivity contribution is 7.19. The molecule has 0 amide bonds. The molecule has 2 nitrogen and oxygen atoms in total. The molecule has 0 atom stereocenters. The molecule has 14 aromatic rings. The van der Waals surface area contributed by atoms with E-state index in [0.29, 0.717) is 0 Å². The van der Waals surface area contributed by atoms with Crippen LogP contribution in [0.1, 0.15) is 47.2 Å². The average Bonchev–Trinajstić information content (AvgIpc) is 1.98. The van der Waals surface area contributed by atoms with E-state index in [-0.39, 0.29) is 5.41 Å². The second-order valence-corrected chi connectivity index (χ2v) is 23.7. The van der Waals surface area contributed by atoms with E-state index in [4.69, 9.17) is 0 Å². The Balaban J connectivity index is 0.863. The summed E-state index contributed by atoms with van der Waals surface area (Å²) in [6, 6.07) is 113. The summed E-state index contributed by atoms with van der Waals surface area (Å²) in [4.78, 5) is 5.04. The predicted octanol–water partition coefficient (Wildman–Crippen LogP) is 21.7. The largest absolute Gasteiger partial charge is 0.310 e. The van der Waals surface area contributed by atoms with Crippen molar-refractivity contribution in [3.05, 3.63) is 337 Å². The highest BCUT2D eigenvalue weighted by Crippen LogP contribution is 2.65. The molecular formula is C80H56N2S. The van der Waals surface area contributed by atoms with Crippen molar-refractivity contribution in [1.29, 1.82) is 0 Å². The first-order chi connectivity index (χ1) is 40.9. The van der Waals surface area contributed by atoms with E-state index in [2.05, 4.69) is 327 Å². The zero-order chi connectivity index (χ0) is 55.2. The fraction of sp³-hybridized carbons (Fsp3) is 0.0500. The van der Waals surface area contributed by atoms with Gasteiger partial charge < -0.3 is 9.47 Å². The monoisotopic (exact) mass is 1080 g/mol. The van der Waals surface area contributed by atoms with Gasteiger partial charge in [-0.1, -0.05) is 250 Å². The number of nitrogens with zero attached hydrogens (tertiary/aromatic N) is 2. The number of para-hydroxylation sites is 2. The molecule has 83 heavy (non-hydrogen) atoms. The molecule has 392 valence electrons. The summed E-state index contributed by atoms with van der Waals surface area (Å²) < 4.78 is 2.38. The molecule has 3 heteroatoms. The molecule has 12 aromatic carbocycles. The lowest BCUT2D eigenvalue weighted by Crippen LogP contribution is -2.29. The van der Waals surface area contributed by atoms with E-state index in [1.54, 1.807) is 0 Å². The van der Waals surface area contributed by atoms with Crippen LogP contribution in [0.3, 0.4) is 0 Å². The Hall–Kier alpha value is -10.1. The van der Waals surface area contributed by atoms with Gasteiger partial charge in [-0.3, -0.25) is 0 Å². The van der Waals surface area contributed by atoms with Crippen LogP contribution >= 0.6 is 11.3 Å². The molecule has 0 N–H and O–H groups in total. The third kappa shape index (κ3) is 7.55. The van der Waals surface area contributed by atoms with E-state index in [1.807, 2.05) is 11.3 Å². The molecule has 0 saturated heterocycles. The van der Waals surface area contributed by atoms with Crippen LogP contribution < -0.4 is 4.90 Å². The lowest BCUT2D eigenvalue weighted by Gasteiger charge is -2.36. The summed E-state index contributed by atoms with van der Waals surface area (Å²) in [7, 11) is 0. The van der Waals surface area contributed by atoms with Crippen molar-refractivity contribution in [1.82, 2.24) is 4.57 Å². The van der Waals surface area contributed by atoms with Gasteiger partial charge in [0.25, 0.3) is 0 Å². The van der Waals surface area contributed by atoms with Gasteiger partial charge in [-0.05, 0) is 150 Å². The van der Waals surface area contributed by atoms with Gasteiger partial charge in [0.05, 0.1) is 16.4 Å². The molecule has 0 bridgehead atoms. The summed E-state index contributed by atoms with van der Waals surface area (Å²) in [5, 5.41) is 2.49. The van der Waals surface area contributed by atoms with Gasteiger partial charge in [-0.15, -0.1) is 11.3 Å². The maximum atomic E-state index is 2.45. The standard InChI is InChI=1S/C80H56N2S/c1-79(2)70-37-20-18-33-65(70)66-49-48-63(52-71(66)79)81(61-44-39-53(40-45-61)57-43-50-73-69(51-57)67-34-19-21-38-72(67)82(73)60-31-16-7-17-32-60)62-46-41-54(42-47-62)64-35-22-36-68-74-76(78(56-25-10-4-11-26-56)83-77(74)55-23-8-3-9-24-55)80(75(64)68,58-27-12-5-13-28-58)59-29-14-6-15-30-59/h3-52H,1-2H3.